The first-order chi connectivity index (χ1) is 22.2. The maximum Gasteiger partial charge on any atom is 0.313 e. The number of hydrogen-bond acceptors (Lipinski definition) is 7. The van der Waals surface area contributed by atoms with Crippen LogP contribution in [0, 0.1) is 11.8 Å². The van der Waals surface area contributed by atoms with Crippen molar-refractivity contribution >= 4 is 39.6 Å². The van der Waals surface area contributed by atoms with Crippen molar-refractivity contribution in [2.24, 2.45) is 11.8 Å². The molecule has 8 atom stereocenters. The molecule has 248 valence electrons. The lowest BCUT2D eigenvalue weighted by Gasteiger charge is -2.41. The number of aliphatic hydroxyl groups is 1. The second-order valence-corrected chi connectivity index (χ2v) is 14.1. The highest BCUT2D eigenvalue weighted by molar-refractivity contribution is 9.11. The van der Waals surface area contributed by atoms with E-state index in [2.05, 4.69) is 21.2 Å². The lowest BCUT2D eigenvalue weighted by atomic mass is 9.74. The molecule has 0 unspecified atom stereocenters. The van der Waals surface area contributed by atoms with Gasteiger partial charge in [-0.1, -0.05) is 84.6 Å². The van der Waals surface area contributed by atoms with Crippen LogP contribution < -0.4 is 5.32 Å². The molecule has 0 aromatic heterocycles. The maximum atomic E-state index is 14.9. The predicted octanol–water partition coefficient (Wildman–Crippen LogP) is 3.93. The van der Waals surface area contributed by atoms with Crippen LogP contribution in [0.2, 0.25) is 0 Å². The van der Waals surface area contributed by atoms with Gasteiger partial charge in [0.1, 0.15) is 29.8 Å². The number of ether oxygens (including phenoxy) is 2. The first-order valence-electron chi connectivity index (χ1n) is 16.7. The number of amides is 3. The molecule has 2 N–H and O–H groups in total. The molecule has 5 aliphatic rings. The largest absolute Gasteiger partial charge is 0.455 e. The van der Waals surface area contributed by atoms with Gasteiger partial charge in [0.25, 0.3) is 0 Å². The van der Waals surface area contributed by atoms with E-state index in [1.54, 1.807) is 13.0 Å². The van der Waals surface area contributed by atoms with Gasteiger partial charge in [0.05, 0.1) is 24.6 Å². The summed E-state index contributed by atoms with van der Waals surface area (Å²) in [4.78, 5) is 60.2. The summed E-state index contributed by atoms with van der Waals surface area (Å²) in [6.45, 7) is 3.67. The number of aliphatic hydroxyl groups excluding tert-OH is 1. The number of fused-ring (bicyclic) bond motifs is 2. The third-order valence-corrected chi connectivity index (χ3v) is 11.1. The molecule has 4 heterocycles. The summed E-state index contributed by atoms with van der Waals surface area (Å²) >= 11 is 3.62. The van der Waals surface area contributed by atoms with Crippen LogP contribution >= 0.6 is 15.9 Å². The average Bonchev–Trinajstić information content (AvgIpc) is 3.65. The van der Waals surface area contributed by atoms with Gasteiger partial charge in [0.15, 0.2) is 0 Å². The number of likely N-dealkylation sites (tertiary alicyclic amines) is 1. The van der Waals surface area contributed by atoms with Crippen molar-refractivity contribution < 1.29 is 33.8 Å². The summed E-state index contributed by atoms with van der Waals surface area (Å²) in [6.07, 6.45) is 10.0. The van der Waals surface area contributed by atoms with Crippen LogP contribution in [-0.2, 0) is 28.7 Å². The highest BCUT2D eigenvalue weighted by Crippen LogP contribution is 2.59. The maximum absolute atomic E-state index is 14.9. The standard InChI is InChI=1S/C35H44BrN3O7/c1-3-23(20-40)39-31-33(43)38(24-15-9-5-10-16-24)18-12-6-11-17-26(41)37-21(2)29(22-13-7-4-8-14-22)45-34(44)27-28(32(39)42)35(31)19-25(36)30(27)46-35/h4,6-8,12-14,19,21,23-24,27-31,40H,3,5,9-11,15-18,20H2,1-2H3,(H,37,41)/b12-6-/t21-,23+,27+,28-,29+,30+,31+,35-/m1/s1. The van der Waals surface area contributed by atoms with Crippen molar-refractivity contribution in [2.45, 2.75) is 107 Å². The van der Waals surface area contributed by atoms with Gasteiger partial charge in [-0.15, -0.1) is 0 Å². The van der Waals surface area contributed by atoms with E-state index in [9.17, 15) is 24.3 Å². The molecule has 1 saturated carbocycles. The van der Waals surface area contributed by atoms with Gasteiger partial charge in [-0.25, -0.2) is 0 Å². The monoisotopic (exact) mass is 697 g/mol. The van der Waals surface area contributed by atoms with E-state index >= 15 is 0 Å². The van der Waals surface area contributed by atoms with Crippen LogP contribution in [0.15, 0.2) is 53.0 Å². The molecule has 46 heavy (non-hydrogen) atoms. The summed E-state index contributed by atoms with van der Waals surface area (Å²) in [7, 11) is 0. The van der Waals surface area contributed by atoms with Crippen molar-refractivity contribution in [3.8, 4) is 0 Å². The van der Waals surface area contributed by atoms with Crippen LogP contribution in [0.4, 0.5) is 0 Å². The molecule has 4 aliphatic heterocycles. The second kappa shape index (κ2) is 13.6. The van der Waals surface area contributed by atoms with Gasteiger partial charge in [-0.3, -0.25) is 19.2 Å². The van der Waals surface area contributed by atoms with Crippen molar-refractivity contribution in [1.29, 1.82) is 0 Å². The molecule has 1 aromatic rings. The van der Waals surface area contributed by atoms with Gasteiger partial charge in [0, 0.05) is 23.5 Å². The molecular formula is C35H44BrN3O7. The van der Waals surface area contributed by atoms with Gasteiger partial charge < -0.3 is 29.7 Å². The number of nitrogens with one attached hydrogen (secondary N) is 1. The minimum Gasteiger partial charge on any atom is -0.455 e. The molecule has 6 rings (SSSR count). The molecule has 1 aliphatic carbocycles. The number of rotatable bonds is 5. The fourth-order valence-corrected chi connectivity index (χ4v) is 8.94. The van der Waals surface area contributed by atoms with Crippen LogP contribution in [0.25, 0.3) is 0 Å². The number of benzene rings is 1. The second-order valence-electron chi connectivity index (χ2n) is 13.2. The molecule has 3 fully saturated rings. The molecule has 1 aromatic carbocycles. The molecule has 0 radical (unpaired) electrons. The number of nitrogens with zero attached hydrogens (tertiary/aromatic N) is 2. The minimum atomic E-state index is -1.41. The van der Waals surface area contributed by atoms with E-state index in [0.717, 1.165) is 32.1 Å². The lowest BCUT2D eigenvalue weighted by molar-refractivity contribution is -0.162. The zero-order valence-corrected chi connectivity index (χ0v) is 28.1. The third-order valence-electron chi connectivity index (χ3n) is 10.5. The Morgan fingerprint density at radius 1 is 1.04 bits per heavy atom. The van der Waals surface area contributed by atoms with Crippen molar-refractivity contribution in [3.63, 3.8) is 0 Å². The van der Waals surface area contributed by atoms with E-state index < -0.39 is 59.6 Å². The lowest BCUT2D eigenvalue weighted by Crippen LogP contribution is -2.60. The van der Waals surface area contributed by atoms with E-state index in [0.29, 0.717) is 29.4 Å². The number of carbonyl (C=O) groups is 4. The number of cyclic esters (lactones) is 1. The highest BCUT2D eigenvalue weighted by atomic mass is 79.9. The zero-order chi connectivity index (χ0) is 32.6. The summed E-state index contributed by atoms with van der Waals surface area (Å²) in [6, 6.07) is 6.95. The van der Waals surface area contributed by atoms with E-state index in [-0.39, 0.29) is 30.9 Å². The fraction of sp³-hybridized carbons (Fsp3) is 0.600. The number of halogens is 1. The minimum absolute atomic E-state index is 0.0165. The third kappa shape index (κ3) is 5.72. The molecule has 1 spiro atoms. The van der Waals surface area contributed by atoms with Crippen LogP contribution in [-0.4, -0.2) is 87.6 Å². The molecule has 10 nitrogen and oxygen atoms in total. The van der Waals surface area contributed by atoms with Crippen molar-refractivity contribution in [3.05, 3.63) is 58.6 Å². The predicted molar refractivity (Wildman–Crippen MR) is 173 cm³/mol. The Labute approximate surface area is 278 Å². The van der Waals surface area contributed by atoms with Crippen molar-refractivity contribution in [2.75, 3.05) is 13.2 Å². The topological polar surface area (TPSA) is 125 Å². The first kappa shape index (κ1) is 32.9. The Bertz CT molecular complexity index is 1390. The first-order valence-corrected chi connectivity index (χ1v) is 17.5. The Morgan fingerprint density at radius 2 is 1.78 bits per heavy atom. The Balaban J connectivity index is 1.46. The van der Waals surface area contributed by atoms with Crippen LogP contribution in [0.3, 0.4) is 0 Å². The number of esters is 1. The van der Waals surface area contributed by atoms with Gasteiger partial charge in [-0.05, 0) is 44.2 Å². The van der Waals surface area contributed by atoms with Crippen LogP contribution in [0.1, 0.15) is 76.9 Å². The highest BCUT2D eigenvalue weighted by Gasteiger charge is 2.75. The zero-order valence-electron chi connectivity index (χ0n) is 26.5. The summed E-state index contributed by atoms with van der Waals surface area (Å²) in [5, 5.41) is 13.5. The molecule has 11 heteroatoms. The smallest absolute Gasteiger partial charge is 0.313 e. The summed E-state index contributed by atoms with van der Waals surface area (Å²) in [5.41, 5.74) is -0.701. The molecule has 2 saturated heterocycles. The quantitative estimate of drug-likeness (QED) is 0.353. The SMILES string of the molecule is CC[C@@H](CO)N1C(=O)[C@H]2[C@@H]3C(=O)O[C@H](c4ccccc4)[C@@H](C)NC(=O)CC/C=C\CN(C4CCCCC4)C(=O)[C@H]1[C@@]21C=C(Br)[C@@H]3O1. The number of carbonyl (C=O) groups excluding carboxylic acids is 4. The molecule has 3 amide bonds. The van der Waals surface area contributed by atoms with Crippen molar-refractivity contribution in [1.82, 2.24) is 15.1 Å². The Hall–Kier alpha value is -3.02. The number of allylic oxidation sites excluding steroid dienone is 1. The summed E-state index contributed by atoms with van der Waals surface area (Å²) in [5.74, 6) is -3.49. The summed E-state index contributed by atoms with van der Waals surface area (Å²) < 4.78 is 13.5. The molecule has 5 bridgehead atoms. The van der Waals surface area contributed by atoms with Gasteiger partial charge in [0.2, 0.25) is 17.7 Å². The fourth-order valence-electron chi connectivity index (χ4n) is 8.21. The van der Waals surface area contributed by atoms with Crippen LogP contribution in [0.5, 0.6) is 0 Å². The van der Waals surface area contributed by atoms with E-state index in [4.69, 9.17) is 9.47 Å². The van der Waals surface area contributed by atoms with E-state index in [1.807, 2.05) is 54.3 Å². The van der Waals surface area contributed by atoms with E-state index in [1.165, 1.54) is 4.90 Å². The Morgan fingerprint density at radius 3 is 2.48 bits per heavy atom. The normalized spacial score (nSPS) is 35.4. The average molecular weight is 699 g/mol. The molecular weight excluding hydrogens is 654 g/mol. The van der Waals surface area contributed by atoms with Gasteiger partial charge in [-0.2, -0.15) is 0 Å². The Kier molecular flexibility index (Phi) is 9.73. The number of hydrogen-bond donors (Lipinski definition) is 2. The van der Waals surface area contributed by atoms with Gasteiger partial charge >= 0.3 is 5.97 Å².